The average Bonchev–Trinajstić information content (AvgIpc) is 2.63. The number of hydrogen-bond acceptors (Lipinski definition) is 3. The van der Waals surface area contributed by atoms with Crippen LogP contribution in [0.1, 0.15) is 24.3 Å². The molecule has 1 N–H and O–H groups in total. The Morgan fingerprint density at radius 2 is 2.33 bits per heavy atom. The maximum Gasteiger partial charge on any atom is 0.0554 e. The van der Waals surface area contributed by atoms with Gasteiger partial charge in [-0.1, -0.05) is 13.8 Å². The van der Waals surface area contributed by atoms with Gasteiger partial charge in [0.25, 0.3) is 0 Å². The smallest absolute Gasteiger partial charge is 0.0554 e. The van der Waals surface area contributed by atoms with Crippen LogP contribution in [0.2, 0.25) is 0 Å². The lowest BCUT2D eigenvalue weighted by atomic mass is 9.89. The van der Waals surface area contributed by atoms with Gasteiger partial charge in [-0.05, 0) is 23.4 Å². The summed E-state index contributed by atoms with van der Waals surface area (Å²) in [5.41, 5.74) is 1.87. The first kappa shape index (κ1) is 11.1. The molecule has 0 amide bonds. The fourth-order valence-corrected chi connectivity index (χ4v) is 2.81. The van der Waals surface area contributed by atoms with Gasteiger partial charge in [0.05, 0.1) is 13.2 Å². The van der Waals surface area contributed by atoms with E-state index in [-0.39, 0.29) is 0 Å². The highest BCUT2D eigenvalue weighted by molar-refractivity contribution is 7.10. The lowest BCUT2D eigenvalue weighted by molar-refractivity contribution is -0.0991. The summed E-state index contributed by atoms with van der Waals surface area (Å²) in [7, 11) is 0. The van der Waals surface area contributed by atoms with E-state index in [9.17, 15) is 0 Å². The number of ether oxygens (including phenoxy) is 1. The summed E-state index contributed by atoms with van der Waals surface area (Å²) in [6.45, 7) is 8.38. The molecule has 0 radical (unpaired) electrons. The van der Waals surface area contributed by atoms with Crippen molar-refractivity contribution in [2.24, 2.45) is 5.41 Å². The van der Waals surface area contributed by atoms with E-state index in [2.05, 4.69) is 30.6 Å². The molecular formula is C12H19NOS. The molecule has 0 unspecified atom stereocenters. The van der Waals surface area contributed by atoms with Crippen LogP contribution in [0.5, 0.6) is 0 Å². The zero-order valence-corrected chi connectivity index (χ0v) is 10.3. The van der Waals surface area contributed by atoms with Gasteiger partial charge in [0, 0.05) is 23.4 Å². The summed E-state index contributed by atoms with van der Waals surface area (Å²) >= 11 is 1.86. The molecule has 0 bridgehead atoms. The number of aryl methyl sites for hydroxylation is 1. The van der Waals surface area contributed by atoms with Crippen molar-refractivity contribution in [2.45, 2.75) is 26.8 Å². The Bertz CT molecular complexity index is 317. The Morgan fingerprint density at radius 3 is 2.93 bits per heavy atom. The van der Waals surface area contributed by atoms with Crippen LogP contribution >= 0.6 is 11.3 Å². The summed E-state index contributed by atoms with van der Waals surface area (Å²) in [5, 5.41) is 5.72. The van der Waals surface area contributed by atoms with E-state index in [0.717, 1.165) is 32.7 Å². The fraction of sp³-hybridized carbons (Fsp3) is 0.667. The third-order valence-corrected chi connectivity index (χ3v) is 3.92. The molecule has 1 aliphatic heterocycles. The fourth-order valence-electron chi connectivity index (χ4n) is 1.87. The Hall–Kier alpha value is -0.380. The van der Waals surface area contributed by atoms with E-state index in [1.54, 1.807) is 0 Å². The predicted octanol–water partition coefficient (Wildman–Crippen LogP) is 2.44. The Morgan fingerprint density at radius 1 is 1.53 bits per heavy atom. The standard InChI is InChI=1S/C12H19NOS/c1-3-10-4-5-15-11(10)6-13-7-12(2)8-14-9-12/h4-5,13H,3,6-9H2,1-2H3. The minimum absolute atomic E-state index is 0.379. The van der Waals surface area contributed by atoms with Gasteiger partial charge in [-0.2, -0.15) is 0 Å². The number of thiophene rings is 1. The van der Waals surface area contributed by atoms with Crippen LogP contribution in [-0.2, 0) is 17.7 Å². The third kappa shape index (κ3) is 2.60. The first-order valence-corrected chi connectivity index (χ1v) is 6.45. The van der Waals surface area contributed by atoms with Crippen LogP contribution in [0.25, 0.3) is 0 Å². The van der Waals surface area contributed by atoms with Gasteiger partial charge in [0.2, 0.25) is 0 Å². The molecule has 2 heterocycles. The molecular weight excluding hydrogens is 206 g/mol. The molecule has 0 aromatic carbocycles. The van der Waals surface area contributed by atoms with Gasteiger partial charge in [0.15, 0.2) is 0 Å². The summed E-state index contributed by atoms with van der Waals surface area (Å²) < 4.78 is 5.23. The Balaban J connectivity index is 1.78. The minimum Gasteiger partial charge on any atom is -0.380 e. The molecule has 1 aromatic heterocycles. The molecule has 2 rings (SSSR count). The zero-order chi connectivity index (χ0) is 10.7. The number of hydrogen-bond donors (Lipinski definition) is 1. The van der Waals surface area contributed by atoms with Crippen molar-refractivity contribution in [2.75, 3.05) is 19.8 Å². The maximum atomic E-state index is 5.23. The third-order valence-electron chi connectivity index (χ3n) is 2.96. The summed E-state index contributed by atoms with van der Waals surface area (Å²) in [6, 6.07) is 2.23. The van der Waals surface area contributed by atoms with Gasteiger partial charge in [-0.25, -0.2) is 0 Å². The van der Waals surface area contributed by atoms with Gasteiger partial charge in [-0.3, -0.25) is 0 Å². The maximum absolute atomic E-state index is 5.23. The zero-order valence-electron chi connectivity index (χ0n) is 9.51. The first-order chi connectivity index (χ1) is 7.23. The molecule has 0 aliphatic carbocycles. The highest BCUT2D eigenvalue weighted by Crippen LogP contribution is 2.25. The largest absolute Gasteiger partial charge is 0.380 e. The molecule has 84 valence electrons. The highest BCUT2D eigenvalue weighted by Gasteiger charge is 2.32. The molecule has 1 saturated heterocycles. The molecule has 3 heteroatoms. The van der Waals surface area contributed by atoms with Crippen molar-refractivity contribution in [3.63, 3.8) is 0 Å². The normalized spacial score (nSPS) is 18.8. The van der Waals surface area contributed by atoms with Crippen molar-refractivity contribution in [3.05, 3.63) is 21.9 Å². The topological polar surface area (TPSA) is 21.3 Å². The molecule has 1 aliphatic rings. The van der Waals surface area contributed by atoms with E-state index in [1.807, 2.05) is 11.3 Å². The van der Waals surface area contributed by atoms with Crippen molar-refractivity contribution < 1.29 is 4.74 Å². The van der Waals surface area contributed by atoms with Crippen LogP contribution < -0.4 is 5.32 Å². The van der Waals surface area contributed by atoms with Crippen molar-refractivity contribution in [1.82, 2.24) is 5.32 Å². The lowest BCUT2D eigenvalue weighted by Crippen LogP contribution is -2.47. The summed E-state index contributed by atoms with van der Waals surface area (Å²) in [6.07, 6.45) is 1.14. The van der Waals surface area contributed by atoms with Crippen LogP contribution in [0.4, 0.5) is 0 Å². The second-order valence-electron chi connectivity index (χ2n) is 4.63. The summed E-state index contributed by atoms with van der Waals surface area (Å²) in [5.74, 6) is 0. The Kier molecular flexibility index (Phi) is 3.44. The van der Waals surface area contributed by atoms with E-state index in [0.29, 0.717) is 5.41 Å². The van der Waals surface area contributed by atoms with Crippen molar-refractivity contribution in [1.29, 1.82) is 0 Å². The molecule has 15 heavy (non-hydrogen) atoms. The van der Waals surface area contributed by atoms with E-state index >= 15 is 0 Å². The van der Waals surface area contributed by atoms with E-state index < -0.39 is 0 Å². The quantitative estimate of drug-likeness (QED) is 0.831. The predicted molar refractivity (Wildman–Crippen MR) is 64.3 cm³/mol. The minimum atomic E-state index is 0.379. The van der Waals surface area contributed by atoms with Gasteiger partial charge in [-0.15, -0.1) is 11.3 Å². The number of rotatable bonds is 5. The van der Waals surface area contributed by atoms with Crippen molar-refractivity contribution in [3.8, 4) is 0 Å². The lowest BCUT2D eigenvalue weighted by Gasteiger charge is -2.38. The van der Waals surface area contributed by atoms with Gasteiger partial charge < -0.3 is 10.1 Å². The SMILES string of the molecule is CCc1ccsc1CNCC1(C)COC1. The van der Waals surface area contributed by atoms with E-state index in [1.165, 1.54) is 10.4 Å². The second-order valence-corrected chi connectivity index (χ2v) is 5.63. The van der Waals surface area contributed by atoms with Crippen LogP contribution in [0.3, 0.4) is 0 Å². The van der Waals surface area contributed by atoms with Gasteiger partial charge >= 0.3 is 0 Å². The average molecular weight is 225 g/mol. The van der Waals surface area contributed by atoms with Crippen LogP contribution in [-0.4, -0.2) is 19.8 Å². The first-order valence-electron chi connectivity index (χ1n) is 5.57. The molecule has 1 aromatic rings. The summed E-state index contributed by atoms with van der Waals surface area (Å²) in [4.78, 5) is 1.49. The monoisotopic (exact) mass is 225 g/mol. The van der Waals surface area contributed by atoms with Gasteiger partial charge in [0.1, 0.15) is 0 Å². The van der Waals surface area contributed by atoms with Crippen LogP contribution in [0.15, 0.2) is 11.4 Å². The molecule has 2 nitrogen and oxygen atoms in total. The highest BCUT2D eigenvalue weighted by atomic mass is 32.1. The molecule has 1 fully saturated rings. The van der Waals surface area contributed by atoms with Crippen molar-refractivity contribution >= 4 is 11.3 Å². The molecule has 0 saturated carbocycles. The Labute approximate surface area is 95.6 Å². The van der Waals surface area contributed by atoms with E-state index in [4.69, 9.17) is 4.74 Å². The second kappa shape index (κ2) is 4.64. The molecule has 0 atom stereocenters. The number of nitrogens with one attached hydrogen (secondary N) is 1. The molecule has 0 spiro atoms. The van der Waals surface area contributed by atoms with Crippen LogP contribution in [0, 0.1) is 5.41 Å².